The highest BCUT2D eigenvalue weighted by Gasteiger charge is 1.97. The summed E-state index contributed by atoms with van der Waals surface area (Å²) >= 11 is 0. The van der Waals surface area contributed by atoms with Gasteiger partial charge in [-0.1, -0.05) is 142 Å². The molecule has 33 heavy (non-hydrogen) atoms. The SMILES string of the molecule is C=C(C)C(=O)O.C=CC(=O)OCCCCCCCCCCCCCCCCCCCCCC. The quantitative estimate of drug-likeness (QED) is 0.0925. The molecule has 0 amide bonds. The van der Waals surface area contributed by atoms with Gasteiger partial charge in [-0.05, 0) is 13.3 Å². The van der Waals surface area contributed by atoms with Gasteiger partial charge in [-0.15, -0.1) is 0 Å². The van der Waals surface area contributed by atoms with Gasteiger partial charge in [0.15, 0.2) is 0 Å². The van der Waals surface area contributed by atoms with Crippen molar-refractivity contribution in [2.45, 2.75) is 142 Å². The molecule has 0 bridgehead atoms. The summed E-state index contributed by atoms with van der Waals surface area (Å²) in [7, 11) is 0. The Labute approximate surface area is 205 Å². The summed E-state index contributed by atoms with van der Waals surface area (Å²) < 4.78 is 4.97. The second-order valence-electron chi connectivity index (χ2n) is 9.17. The third-order valence-corrected chi connectivity index (χ3v) is 5.77. The summed E-state index contributed by atoms with van der Waals surface area (Å²) in [5.74, 6) is -1.23. The molecule has 0 unspecified atom stereocenters. The van der Waals surface area contributed by atoms with E-state index in [1.165, 1.54) is 135 Å². The number of esters is 1. The van der Waals surface area contributed by atoms with Crippen LogP contribution in [0.15, 0.2) is 24.8 Å². The topological polar surface area (TPSA) is 63.6 Å². The fourth-order valence-corrected chi connectivity index (χ4v) is 3.59. The van der Waals surface area contributed by atoms with Crippen molar-refractivity contribution in [3.05, 3.63) is 24.8 Å². The predicted octanol–water partition coefficient (Wildman–Crippen LogP) is 9.18. The van der Waals surface area contributed by atoms with E-state index in [0.717, 1.165) is 6.42 Å². The van der Waals surface area contributed by atoms with Crippen LogP contribution in [0.2, 0.25) is 0 Å². The number of unbranched alkanes of at least 4 members (excludes halogenated alkanes) is 19. The van der Waals surface area contributed by atoms with E-state index in [2.05, 4.69) is 20.1 Å². The number of carbonyl (C=O) groups excluding carboxylic acids is 1. The second kappa shape index (κ2) is 28.5. The molecule has 0 aromatic rings. The van der Waals surface area contributed by atoms with Gasteiger partial charge >= 0.3 is 11.9 Å². The van der Waals surface area contributed by atoms with Gasteiger partial charge in [0.05, 0.1) is 6.61 Å². The highest BCUT2D eigenvalue weighted by Crippen LogP contribution is 2.14. The molecule has 1 N–H and O–H groups in total. The zero-order valence-electron chi connectivity index (χ0n) is 22.0. The fraction of sp³-hybridized carbons (Fsp3) is 0.793. The van der Waals surface area contributed by atoms with E-state index in [1.54, 1.807) is 0 Å². The molecule has 0 aromatic carbocycles. The lowest BCUT2D eigenvalue weighted by atomic mass is 10.0. The zero-order valence-corrected chi connectivity index (χ0v) is 22.0. The maximum absolute atomic E-state index is 10.9. The summed E-state index contributed by atoms with van der Waals surface area (Å²) in [6, 6.07) is 0. The molecular formula is C29H54O4. The van der Waals surface area contributed by atoms with E-state index in [1.807, 2.05) is 0 Å². The normalized spacial score (nSPS) is 10.2. The van der Waals surface area contributed by atoms with Gasteiger partial charge in [-0.3, -0.25) is 0 Å². The standard InChI is InChI=1S/C25H48O2.C4H6O2/c1-3-5-6-7-8-9-10-11-12-13-14-15-16-17-18-19-20-21-22-23-24-27-25(26)4-2;1-3(2)4(5)6/h4H,2-3,5-24H2,1H3;1H2,2H3,(H,5,6). The molecule has 0 radical (unpaired) electrons. The van der Waals surface area contributed by atoms with Crippen molar-refractivity contribution in [2.75, 3.05) is 6.61 Å². The van der Waals surface area contributed by atoms with Crippen molar-refractivity contribution in [2.24, 2.45) is 0 Å². The van der Waals surface area contributed by atoms with Crippen LogP contribution < -0.4 is 0 Å². The number of carboxylic acids is 1. The Morgan fingerprint density at radius 2 is 0.939 bits per heavy atom. The number of hydrogen-bond donors (Lipinski definition) is 1. The number of carboxylic acid groups (broad SMARTS) is 1. The minimum Gasteiger partial charge on any atom is -0.478 e. The molecule has 0 spiro atoms. The van der Waals surface area contributed by atoms with Crippen molar-refractivity contribution < 1.29 is 19.4 Å². The molecule has 0 aliphatic carbocycles. The van der Waals surface area contributed by atoms with Crippen molar-refractivity contribution in [3.63, 3.8) is 0 Å². The van der Waals surface area contributed by atoms with Crippen LogP contribution in [-0.4, -0.2) is 23.7 Å². The first-order valence-electron chi connectivity index (χ1n) is 13.6. The Hall–Kier alpha value is -1.58. The minimum absolute atomic E-state index is 0.176. The molecule has 0 heterocycles. The molecule has 0 atom stereocenters. The Bertz CT molecular complexity index is 458. The third-order valence-electron chi connectivity index (χ3n) is 5.77. The second-order valence-corrected chi connectivity index (χ2v) is 9.17. The summed E-state index contributed by atoms with van der Waals surface area (Å²) in [5, 5.41) is 7.89. The predicted molar refractivity (Wildman–Crippen MR) is 142 cm³/mol. The Morgan fingerprint density at radius 3 is 1.18 bits per heavy atom. The molecule has 0 fully saturated rings. The van der Waals surface area contributed by atoms with Gasteiger partial charge < -0.3 is 9.84 Å². The van der Waals surface area contributed by atoms with E-state index in [4.69, 9.17) is 9.84 Å². The van der Waals surface area contributed by atoms with Crippen LogP contribution in [0.1, 0.15) is 142 Å². The van der Waals surface area contributed by atoms with E-state index in [-0.39, 0.29) is 11.5 Å². The van der Waals surface area contributed by atoms with Crippen molar-refractivity contribution >= 4 is 11.9 Å². The monoisotopic (exact) mass is 466 g/mol. The van der Waals surface area contributed by atoms with Crippen LogP contribution in [-0.2, 0) is 14.3 Å². The third kappa shape index (κ3) is 32.7. The highest BCUT2D eigenvalue weighted by atomic mass is 16.5. The van der Waals surface area contributed by atoms with Crippen LogP contribution in [0.3, 0.4) is 0 Å². The zero-order chi connectivity index (χ0) is 25.0. The maximum Gasteiger partial charge on any atom is 0.330 e. The number of hydrogen-bond acceptors (Lipinski definition) is 3. The smallest absolute Gasteiger partial charge is 0.330 e. The Morgan fingerprint density at radius 1 is 0.667 bits per heavy atom. The average molecular weight is 467 g/mol. The lowest BCUT2D eigenvalue weighted by molar-refractivity contribution is -0.138. The molecule has 194 valence electrons. The molecule has 4 nitrogen and oxygen atoms in total. The lowest BCUT2D eigenvalue weighted by Crippen LogP contribution is -2.01. The summed E-state index contributed by atoms with van der Waals surface area (Å²) in [4.78, 5) is 20.5. The van der Waals surface area contributed by atoms with E-state index in [9.17, 15) is 9.59 Å². The molecule has 0 aliphatic rings. The number of carbonyl (C=O) groups is 2. The van der Waals surface area contributed by atoms with Crippen LogP contribution in [0, 0.1) is 0 Å². The molecule has 0 saturated carbocycles. The van der Waals surface area contributed by atoms with Gasteiger partial charge in [-0.25, -0.2) is 9.59 Å². The van der Waals surface area contributed by atoms with E-state index >= 15 is 0 Å². The summed E-state index contributed by atoms with van der Waals surface area (Å²) in [6.07, 6.45) is 28.9. The molecule has 0 saturated heterocycles. The molecule has 0 aliphatic heterocycles. The highest BCUT2D eigenvalue weighted by molar-refractivity contribution is 5.84. The van der Waals surface area contributed by atoms with Crippen LogP contribution >= 0.6 is 0 Å². The van der Waals surface area contributed by atoms with Gasteiger partial charge in [0, 0.05) is 11.6 Å². The summed E-state index contributed by atoms with van der Waals surface area (Å²) in [5.41, 5.74) is 0.176. The Balaban J connectivity index is 0. The van der Waals surface area contributed by atoms with Crippen LogP contribution in [0.25, 0.3) is 0 Å². The number of ether oxygens (including phenoxy) is 1. The van der Waals surface area contributed by atoms with E-state index in [0.29, 0.717) is 6.61 Å². The molecule has 0 aromatic heterocycles. The first-order chi connectivity index (χ1) is 16.0. The molecule has 4 heteroatoms. The van der Waals surface area contributed by atoms with Gasteiger partial charge in [0.2, 0.25) is 0 Å². The van der Waals surface area contributed by atoms with Crippen LogP contribution in [0.4, 0.5) is 0 Å². The van der Waals surface area contributed by atoms with Crippen molar-refractivity contribution in [3.8, 4) is 0 Å². The fourth-order valence-electron chi connectivity index (χ4n) is 3.59. The first-order valence-corrected chi connectivity index (χ1v) is 13.6. The first kappa shape index (κ1) is 33.6. The molecular weight excluding hydrogens is 412 g/mol. The minimum atomic E-state index is -0.935. The van der Waals surface area contributed by atoms with E-state index < -0.39 is 5.97 Å². The van der Waals surface area contributed by atoms with Gasteiger partial charge in [0.25, 0.3) is 0 Å². The lowest BCUT2D eigenvalue weighted by Gasteiger charge is -2.04. The van der Waals surface area contributed by atoms with Crippen molar-refractivity contribution in [1.82, 2.24) is 0 Å². The van der Waals surface area contributed by atoms with Gasteiger partial charge in [0.1, 0.15) is 0 Å². The van der Waals surface area contributed by atoms with Gasteiger partial charge in [-0.2, -0.15) is 0 Å². The molecule has 0 rings (SSSR count). The largest absolute Gasteiger partial charge is 0.478 e. The van der Waals surface area contributed by atoms with Crippen LogP contribution in [0.5, 0.6) is 0 Å². The number of aliphatic carboxylic acids is 1. The number of rotatable bonds is 23. The Kier molecular flexibility index (Phi) is 29.0. The van der Waals surface area contributed by atoms with Crippen molar-refractivity contribution in [1.29, 1.82) is 0 Å². The average Bonchev–Trinajstić information content (AvgIpc) is 2.80. The maximum atomic E-state index is 10.9. The summed E-state index contributed by atoms with van der Waals surface area (Å²) in [6.45, 7) is 10.8.